The summed E-state index contributed by atoms with van der Waals surface area (Å²) in [6.45, 7) is 6.25. The Morgan fingerprint density at radius 3 is 2.39 bits per heavy atom. The van der Waals surface area contributed by atoms with Crippen molar-refractivity contribution < 1.29 is 19.4 Å². The van der Waals surface area contributed by atoms with E-state index in [-0.39, 0.29) is 22.5 Å². The van der Waals surface area contributed by atoms with Crippen LogP contribution >= 0.6 is 0 Å². The summed E-state index contributed by atoms with van der Waals surface area (Å²) in [6.07, 6.45) is 3.24. The monoisotopic (exact) mass is 317 g/mol. The second-order valence-electron chi connectivity index (χ2n) is 7.47. The summed E-state index contributed by atoms with van der Waals surface area (Å²) in [4.78, 5) is 25.2. The number of ether oxygens (including phenoxy) is 1. The van der Waals surface area contributed by atoms with Gasteiger partial charge in [0.1, 0.15) is 11.1 Å². The highest BCUT2D eigenvalue weighted by atomic mass is 16.5. The molecule has 1 aliphatic heterocycles. The van der Waals surface area contributed by atoms with E-state index < -0.39 is 11.5 Å². The number of ketones is 1. The fraction of sp³-hybridized carbons (Fsp3) is 0.556. The van der Waals surface area contributed by atoms with E-state index in [1.165, 1.54) is 7.11 Å². The first-order chi connectivity index (χ1) is 10.7. The normalized spacial score (nSPS) is 20.1. The predicted molar refractivity (Wildman–Crippen MR) is 86.1 cm³/mol. The average Bonchev–Trinajstić information content (AvgIpc) is 3.12. The highest BCUT2D eigenvalue weighted by molar-refractivity contribution is 6.25. The number of hydrogen-bond acceptors (Lipinski definition) is 4. The van der Waals surface area contributed by atoms with E-state index >= 15 is 0 Å². The molecule has 0 unspecified atom stereocenters. The van der Waals surface area contributed by atoms with Crippen LogP contribution < -0.4 is 0 Å². The maximum Gasteiger partial charge on any atom is 0.345 e. The minimum atomic E-state index is -0.767. The summed E-state index contributed by atoms with van der Waals surface area (Å²) >= 11 is 0. The molecule has 1 fully saturated rings. The molecule has 0 saturated heterocycles. The fourth-order valence-electron chi connectivity index (χ4n) is 3.94. The molecule has 2 heterocycles. The third kappa shape index (κ3) is 2.06. The standard InChI is InChI=1S/C18H23NO4/c1-17(2,3)12-8-7-11-14(20)13(16(22)23-4)15(21)18(19(11)12)9-5-6-10-18/h7-8,20H,5-6,9-10H2,1-4H3. The molecular weight excluding hydrogens is 294 g/mol. The van der Waals surface area contributed by atoms with Gasteiger partial charge in [-0.15, -0.1) is 0 Å². The molecule has 0 atom stereocenters. The van der Waals surface area contributed by atoms with Gasteiger partial charge in [-0.1, -0.05) is 33.6 Å². The molecule has 1 aliphatic carbocycles. The Hall–Kier alpha value is -2.04. The van der Waals surface area contributed by atoms with Crippen molar-refractivity contribution in [3.63, 3.8) is 0 Å². The van der Waals surface area contributed by atoms with Gasteiger partial charge >= 0.3 is 5.97 Å². The van der Waals surface area contributed by atoms with Crippen molar-refractivity contribution in [2.45, 2.75) is 57.4 Å². The van der Waals surface area contributed by atoms with E-state index in [1.54, 1.807) is 6.07 Å². The van der Waals surface area contributed by atoms with Crippen LogP contribution in [0.4, 0.5) is 0 Å². The molecular formula is C18H23NO4. The van der Waals surface area contributed by atoms with Crippen molar-refractivity contribution >= 4 is 17.5 Å². The van der Waals surface area contributed by atoms with Crippen molar-refractivity contribution in [2.75, 3.05) is 7.11 Å². The molecule has 1 spiro atoms. The molecule has 0 radical (unpaired) electrons. The summed E-state index contributed by atoms with van der Waals surface area (Å²) < 4.78 is 6.71. The predicted octanol–water partition coefficient (Wildman–Crippen LogP) is 3.08. The maximum atomic E-state index is 13.2. The van der Waals surface area contributed by atoms with Crippen LogP contribution in [0.3, 0.4) is 0 Å². The van der Waals surface area contributed by atoms with Gasteiger partial charge in [-0.25, -0.2) is 4.79 Å². The summed E-state index contributed by atoms with van der Waals surface area (Å²) in [7, 11) is 1.23. The number of aliphatic hydroxyl groups is 1. The minimum absolute atomic E-state index is 0.169. The van der Waals surface area contributed by atoms with Gasteiger partial charge in [-0.3, -0.25) is 4.79 Å². The van der Waals surface area contributed by atoms with Gasteiger partial charge < -0.3 is 14.4 Å². The molecule has 5 heteroatoms. The molecule has 3 rings (SSSR count). The summed E-state index contributed by atoms with van der Waals surface area (Å²) in [5.74, 6) is -1.34. The van der Waals surface area contributed by atoms with Crippen molar-refractivity contribution in [3.05, 3.63) is 29.1 Å². The molecule has 124 valence electrons. The van der Waals surface area contributed by atoms with Crippen molar-refractivity contribution in [1.82, 2.24) is 4.57 Å². The van der Waals surface area contributed by atoms with Gasteiger partial charge in [0.25, 0.3) is 0 Å². The first-order valence-electron chi connectivity index (χ1n) is 8.03. The molecule has 0 bridgehead atoms. The van der Waals surface area contributed by atoms with E-state index in [0.717, 1.165) is 18.5 Å². The van der Waals surface area contributed by atoms with Crippen LogP contribution in [0.15, 0.2) is 17.7 Å². The quantitative estimate of drug-likeness (QED) is 0.638. The van der Waals surface area contributed by atoms with Crippen molar-refractivity contribution in [1.29, 1.82) is 0 Å². The lowest BCUT2D eigenvalue weighted by molar-refractivity contribution is -0.139. The second kappa shape index (κ2) is 4.98. The number of esters is 1. The first-order valence-corrected chi connectivity index (χ1v) is 8.03. The van der Waals surface area contributed by atoms with E-state index in [2.05, 4.69) is 20.8 Å². The highest BCUT2D eigenvalue weighted by Gasteiger charge is 2.52. The molecule has 1 N–H and O–H groups in total. The van der Waals surface area contributed by atoms with Crippen LogP contribution in [0.25, 0.3) is 5.76 Å². The Kier molecular flexibility index (Phi) is 3.43. The molecule has 0 aromatic carbocycles. The number of rotatable bonds is 1. The fourth-order valence-corrected chi connectivity index (χ4v) is 3.94. The molecule has 23 heavy (non-hydrogen) atoms. The lowest BCUT2D eigenvalue weighted by atomic mass is 9.81. The lowest BCUT2D eigenvalue weighted by Gasteiger charge is -2.39. The van der Waals surface area contributed by atoms with E-state index in [9.17, 15) is 14.7 Å². The van der Waals surface area contributed by atoms with Crippen LogP contribution in [0.5, 0.6) is 0 Å². The van der Waals surface area contributed by atoms with Crippen LogP contribution in [-0.2, 0) is 25.3 Å². The van der Waals surface area contributed by atoms with Gasteiger partial charge in [0, 0.05) is 11.1 Å². The SMILES string of the molecule is COC(=O)C1=C(O)c2ccc(C(C)(C)C)n2C2(CCCC2)C1=O. The third-order valence-electron chi connectivity index (χ3n) is 5.03. The number of hydrogen-bond donors (Lipinski definition) is 1. The summed E-state index contributed by atoms with van der Waals surface area (Å²) in [6, 6.07) is 3.74. The first kappa shape index (κ1) is 15.8. The van der Waals surface area contributed by atoms with Gasteiger partial charge in [0.05, 0.1) is 12.8 Å². The average molecular weight is 317 g/mol. The van der Waals surface area contributed by atoms with E-state index in [4.69, 9.17) is 4.74 Å². The number of nitrogens with zero attached hydrogens (tertiary/aromatic N) is 1. The Morgan fingerprint density at radius 2 is 1.87 bits per heavy atom. The Morgan fingerprint density at radius 1 is 1.26 bits per heavy atom. The summed E-state index contributed by atoms with van der Waals surface area (Å²) in [5, 5.41) is 10.6. The van der Waals surface area contributed by atoms with Crippen LogP contribution in [0.1, 0.15) is 57.8 Å². The van der Waals surface area contributed by atoms with E-state index in [1.807, 2.05) is 10.6 Å². The molecule has 0 amide bonds. The second-order valence-corrected chi connectivity index (χ2v) is 7.47. The largest absolute Gasteiger partial charge is 0.505 e. The Balaban J connectivity index is 2.33. The Bertz CT molecular complexity index is 712. The highest BCUT2D eigenvalue weighted by Crippen LogP contribution is 2.47. The zero-order valence-electron chi connectivity index (χ0n) is 14.1. The number of carbonyl (C=O) groups is 2. The molecule has 1 aromatic heterocycles. The number of carbonyl (C=O) groups excluding carboxylic acids is 2. The molecule has 5 nitrogen and oxygen atoms in total. The summed E-state index contributed by atoms with van der Waals surface area (Å²) in [5.41, 5.74) is 0.393. The number of Topliss-reactive ketones (excluding diaryl/α,β-unsaturated/α-hetero) is 1. The zero-order chi connectivity index (χ0) is 17.0. The van der Waals surface area contributed by atoms with Crippen LogP contribution in [0.2, 0.25) is 0 Å². The van der Waals surface area contributed by atoms with Gasteiger partial charge in [-0.05, 0) is 25.0 Å². The van der Waals surface area contributed by atoms with Gasteiger partial charge in [0.2, 0.25) is 0 Å². The van der Waals surface area contributed by atoms with Crippen LogP contribution in [-0.4, -0.2) is 28.5 Å². The zero-order valence-corrected chi connectivity index (χ0v) is 14.1. The number of aliphatic hydroxyl groups excluding tert-OH is 1. The van der Waals surface area contributed by atoms with Gasteiger partial charge in [0.15, 0.2) is 11.5 Å². The number of aromatic nitrogens is 1. The maximum absolute atomic E-state index is 13.2. The lowest BCUT2D eigenvalue weighted by Crippen LogP contribution is -2.47. The molecule has 1 saturated carbocycles. The van der Waals surface area contributed by atoms with E-state index in [0.29, 0.717) is 18.5 Å². The Labute approximate surface area is 135 Å². The smallest absolute Gasteiger partial charge is 0.345 e. The van der Waals surface area contributed by atoms with Crippen LogP contribution in [0, 0.1) is 0 Å². The van der Waals surface area contributed by atoms with Crippen molar-refractivity contribution in [2.24, 2.45) is 0 Å². The number of methoxy groups -OCH3 is 1. The van der Waals surface area contributed by atoms with Crippen molar-refractivity contribution in [3.8, 4) is 0 Å². The third-order valence-corrected chi connectivity index (χ3v) is 5.03. The number of fused-ring (bicyclic) bond motifs is 2. The minimum Gasteiger partial charge on any atom is -0.505 e. The topological polar surface area (TPSA) is 68.5 Å². The molecule has 1 aromatic rings. The molecule has 2 aliphatic rings. The van der Waals surface area contributed by atoms with Gasteiger partial charge in [-0.2, -0.15) is 0 Å².